The molecule has 1 atom stereocenters. The molecule has 0 spiro atoms. The van der Waals surface area contributed by atoms with Crippen molar-refractivity contribution in [3.63, 3.8) is 0 Å². The molecule has 3 nitrogen and oxygen atoms in total. The molecule has 1 fully saturated rings. The standard InChI is InChI=1S/C19H20BrFN2O/c1-13-8-9-23(12-13)16-5-3-15(4-6-16)22-19(24)11-14-2-7-18(21)17(20)10-14/h2-7,10,13H,8-9,11-12H2,1H3,(H,22,24). The summed E-state index contributed by atoms with van der Waals surface area (Å²) in [5.41, 5.74) is 2.74. The molecule has 24 heavy (non-hydrogen) atoms. The number of rotatable bonds is 4. The normalized spacial score (nSPS) is 17.1. The van der Waals surface area contributed by atoms with Gasteiger partial charge in [-0.2, -0.15) is 0 Å². The lowest BCUT2D eigenvalue weighted by Crippen LogP contribution is -2.19. The minimum absolute atomic E-state index is 0.115. The lowest BCUT2D eigenvalue weighted by molar-refractivity contribution is -0.115. The summed E-state index contributed by atoms with van der Waals surface area (Å²) >= 11 is 3.14. The van der Waals surface area contributed by atoms with Crippen LogP contribution in [0.5, 0.6) is 0 Å². The van der Waals surface area contributed by atoms with Crippen LogP contribution in [-0.4, -0.2) is 19.0 Å². The number of amides is 1. The highest BCUT2D eigenvalue weighted by atomic mass is 79.9. The molecule has 126 valence electrons. The van der Waals surface area contributed by atoms with Crippen LogP contribution in [0.1, 0.15) is 18.9 Å². The molecule has 1 amide bonds. The largest absolute Gasteiger partial charge is 0.371 e. The van der Waals surface area contributed by atoms with Gasteiger partial charge in [0, 0.05) is 24.5 Å². The van der Waals surface area contributed by atoms with Crippen molar-refractivity contribution in [2.24, 2.45) is 5.92 Å². The third-order valence-corrected chi connectivity index (χ3v) is 4.90. The van der Waals surface area contributed by atoms with Crippen molar-refractivity contribution in [1.29, 1.82) is 0 Å². The van der Waals surface area contributed by atoms with E-state index in [2.05, 4.69) is 33.1 Å². The average molecular weight is 391 g/mol. The summed E-state index contributed by atoms with van der Waals surface area (Å²) in [6.07, 6.45) is 1.44. The summed E-state index contributed by atoms with van der Waals surface area (Å²) in [6, 6.07) is 12.6. The molecule has 0 aromatic heterocycles. The Morgan fingerprint density at radius 3 is 2.67 bits per heavy atom. The first-order valence-corrected chi connectivity index (χ1v) is 8.89. The number of anilines is 2. The molecule has 0 radical (unpaired) electrons. The van der Waals surface area contributed by atoms with Crippen LogP contribution < -0.4 is 10.2 Å². The van der Waals surface area contributed by atoms with Gasteiger partial charge in [0.05, 0.1) is 10.9 Å². The van der Waals surface area contributed by atoms with Gasteiger partial charge in [-0.1, -0.05) is 13.0 Å². The Morgan fingerprint density at radius 1 is 1.29 bits per heavy atom. The molecule has 2 aromatic rings. The molecular formula is C19H20BrFN2O. The van der Waals surface area contributed by atoms with E-state index in [4.69, 9.17) is 0 Å². The number of halogens is 2. The summed E-state index contributed by atoms with van der Waals surface area (Å²) in [4.78, 5) is 14.5. The van der Waals surface area contributed by atoms with Gasteiger partial charge in [-0.3, -0.25) is 4.79 Å². The first-order chi connectivity index (χ1) is 11.5. The van der Waals surface area contributed by atoms with Crippen molar-refractivity contribution >= 4 is 33.2 Å². The van der Waals surface area contributed by atoms with E-state index in [-0.39, 0.29) is 18.1 Å². The van der Waals surface area contributed by atoms with Gasteiger partial charge in [-0.25, -0.2) is 4.39 Å². The van der Waals surface area contributed by atoms with E-state index >= 15 is 0 Å². The first kappa shape index (κ1) is 17.0. The van der Waals surface area contributed by atoms with Crippen LogP contribution >= 0.6 is 15.9 Å². The maximum atomic E-state index is 13.2. The summed E-state index contributed by atoms with van der Waals surface area (Å²) in [6.45, 7) is 4.44. The van der Waals surface area contributed by atoms with Crippen molar-refractivity contribution in [2.45, 2.75) is 19.8 Å². The lowest BCUT2D eigenvalue weighted by Gasteiger charge is -2.18. The van der Waals surface area contributed by atoms with Gasteiger partial charge in [-0.15, -0.1) is 0 Å². The zero-order valence-electron chi connectivity index (χ0n) is 13.6. The van der Waals surface area contributed by atoms with Crippen LogP contribution in [0.15, 0.2) is 46.9 Å². The van der Waals surface area contributed by atoms with Crippen LogP contribution in [0.4, 0.5) is 15.8 Å². The quantitative estimate of drug-likeness (QED) is 0.825. The minimum atomic E-state index is -0.328. The predicted octanol–water partition coefficient (Wildman–Crippen LogP) is 4.62. The molecule has 2 aromatic carbocycles. The summed E-state index contributed by atoms with van der Waals surface area (Å²) in [5.74, 6) is 0.293. The minimum Gasteiger partial charge on any atom is -0.371 e. The number of hydrogen-bond donors (Lipinski definition) is 1. The van der Waals surface area contributed by atoms with E-state index in [1.54, 1.807) is 12.1 Å². The summed E-state index contributed by atoms with van der Waals surface area (Å²) in [5, 5.41) is 2.88. The third-order valence-electron chi connectivity index (χ3n) is 4.29. The number of benzene rings is 2. The maximum absolute atomic E-state index is 13.2. The smallest absolute Gasteiger partial charge is 0.228 e. The Labute approximate surface area is 150 Å². The zero-order valence-corrected chi connectivity index (χ0v) is 15.1. The number of carbonyl (C=O) groups is 1. The summed E-state index contributed by atoms with van der Waals surface area (Å²) < 4.78 is 13.6. The molecule has 1 N–H and O–H groups in total. The van der Waals surface area contributed by atoms with Crippen LogP contribution in [0.25, 0.3) is 0 Å². The second kappa shape index (κ2) is 7.34. The first-order valence-electron chi connectivity index (χ1n) is 8.10. The molecule has 1 saturated heterocycles. The average Bonchev–Trinajstić information content (AvgIpc) is 2.98. The van der Waals surface area contributed by atoms with E-state index in [1.165, 1.54) is 18.2 Å². The van der Waals surface area contributed by atoms with Gasteiger partial charge < -0.3 is 10.2 Å². The SMILES string of the molecule is CC1CCN(c2ccc(NC(=O)Cc3ccc(F)c(Br)c3)cc2)C1. The van der Waals surface area contributed by atoms with Crippen LogP contribution in [0.2, 0.25) is 0 Å². The van der Waals surface area contributed by atoms with Crippen molar-refractivity contribution in [1.82, 2.24) is 0 Å². The molecule has 3 rings (SSSR count). The highest BCUT2D eigenvalue weighted by molar-refractivity contribution is 9.10. The van der Waals surface area contributed by atoms with E-state index in [1.807, 2.05) is 24.3 Å². The van der Waals surface area contributed by atoms with Crippen LogP contribution in [0, 0.1) is 11.7 Å². The fraction of sp³-hybridized carbons (Fsp3) is 0.316. The Kier molecular flexibility index (Phi) is 5.19. The number of carbonyl (C=O) groups excluding carboxylic acids is 1. The molecule has 0 aliphatic carbocycles. The fourth-order valence-corrected chi connectivity index (χ4v) is 3.39. The van der Waals surface area contributed by atoms with Gasteiger partial charge in [0.1, 0.15) is 5.82 Å². The zero-order chi connectivity index (χ0) is 17.1. The molecule has 5 heteroatoms. The topological polar surface area (TPSA) is 32.3 Å². The van der Waals surface area contributed by atoms with Gasteiger partial charge in [0.25, 0.3) is 0 Å². The Hall–Kier alpha value is -1.88. The molecular weight excluding hydrogens is 371 g/mol. The Balaban J connectivity index is 1.59. The van der Waals surface area contributed by atoms with Crippen molar-refractivity contribution in [3.05, 3.63) is 58.3 Å². The number of nitrogens with one attached hydrogen (secondary N) is 1. The van der Waals surface area contributed by atoms with Crippen LogP contribution in [0.3, 0.4) is 0 Å². The van der Waals surface area contributed by atoms with Crippen LogP contribution in [-0.2, 0) is 11.2 Å². The monoisotopic (exact) mass is 390 g/mol. The lowest BCUT2D eigenvalue weighted by atomic mass is 10.1. The molecule has 1 unspecified atom stereocenters. The molecule has 1 aliphatic rings. The fourth-order valence-electron chi connectivity index (χ4n) is 2.97. The highest BCUT2D eigenvalue weighted by Crippen LogP contribution is 2.25. The van der Waals surface area contributed by atoms with E-state index in [9.17, 15) is 9.18 Å². The number of nitrogens with zero attached hydrogens (tertiary/aromatic N) is 1. The second-order valence-electron chi connectivity index (χ2n) is 6.36. The molecule has 0 bridgehead atoms. The van der Waals surface area contributed by atoms with Gasteiger partial charge in [0.15, 0.2) is 0 Å². The molecule has 0 saturated carbocycles. The van der Waals surface area contributed by atoms with Crippen molar-refractivity contribution in [3.8, 4) is 0 Å². The van der Waals surface area contributed by atoms with Gasteiger partial charge in [0.2, 0.25) is 5.91 Å². The third kappa shape index (κ3) is 4.15. The number of hydrogen-bond acceptors (Lipinski definition) is 2. The molecule has 1 aliphatic heterocycles. The second-order valence-corrected chi connectivity index (χ2v) is 7.21. The van der Waals surface area contributed by atoms with Gasteiger partial charge >= 0.3 is 0 Å². The van der Waals surface area contributed by atoms with Crippen molar-refractivity contribution < 1.29 is 9.18 Å². The van der Waals surface area contributed by atoms with Crippen molar-refractivity contribution in [2.75, 3.05) is 23.3 Å². The highest BCUT2D eigenvalue weighted by Gasteiger charge is 2.18. The Bertz CT molecular complexity index is 733. The Morgan fingerprint density at radius 2 is 2.04 bits per heavy atom. The van der Waals surface area contributed by atoms with E-state index < -0.39 is 0 Å². The predicted molar refractivity (Wildman–Crippen MR) is 98.9 cm³/mol. The van der Waals surface area contributed by atoms with E-state index in [0.717, 1.165) is 30.3 Å². The van der Waals surface area contributed by atoms with E-state index in [0.29, 0.717) is 4.47 Å². The maximum Gasteiger partial charge on any atom is 0.228 e. The van der Waals surface area contributed by atoms with Gasteiger partial charge in [-0.05, 0) is 70.2 Å². The summed E-state index contributed by atoms with van der Waals surface area (Å²) in [7, 11) is 0. The molecule has 1 heterocycles.